The Bertz CT molecular complexity index is 862. The number of aromatic nitrogens is 2. The lowest BCUT2D eigenvalue weighted by Gasteiger charge is -2.27. The average Bonchev–Trinajstić information content (AvgIpc) is 2.96. The molecule has 8 nitrogen and oxygen atoms in total. The van der Waals surface area contributed by atoms with Crippen molar-refractivity contribution in [1.82, 2.24) is 14.5 Å². The van der Waals surface area contributed by atoms with Gasteiger partial charge in [0.1, 0.15) is 5.69 Å². The van der Waals surface area contributed by atoms with E-state index in [9.17, 15) is 14.4 Å². The van der Waals surface area contributed by atoms with E-state index in [1.807, 2.05) is 6.92 Å². The van der Waals surface area contributed by atoms with E-state index >= 15 is 0 Å². The molecular formula is C17H20N4O4. The molecule has 0 spiro atoms. The lowest BCUT2D eigenvalue weighted by Crippen LogP contribution is -2.41. The number of rotatable bonds is 3. The largest absolute Gasteiger partial charge is 0.378 e. The van der Waals surface area contributed by atoms with Crippen LogP contribution in [0.4, 0.5) is 5.69 Å². The Morgan fingerprint density at radius 1 is 1.24 bits per heavy atom. The highest BCUT2D eigenvalue weighted by molar-refractivity contribution is 6.04. The Hall–Kier alpha value is -2.87. The number of nitrogens with one attached hydrogen (secondary N) is 2. The Kier molecular flexibility index (Phi) is 4.71. The number of hydrogen-bond acceptors (Lipinski definition) is 4. The second-order valence-electron chi connectivity index (χ2n) is 5.93. The van der Waals surface area contributed by atoms with Crippen molar-refractivity contribution in [3.63, 3.8) is 0 Å². The number of aryl methyl sites for hydroxylation is 1. The molecule has 0 atom stereocenters. The third kappa shape index (κ3) is 3.48. The van der Waals surface area contributed by atoms with Gasteiger partial charge in [-0.05, 0) is 24.6 Å². The number of ether oxygens (including phenoxy) is 1. The molecule has 1 aliphatic rings. The predicted molar refractivity (Wildman–Crippen MR) is 91.9 cm³/mol. The molecule has 1 aromatic carbocycles. The number of anilines is 1. The lowest BCUT2D eigenvalue weighted by molar-refractivity contribution is 0.0302. The minimum atomic E-state index is -0.422. The Labute approximate surface area is 144 Å². The van der Waals surface area contributed by atoms with Gasteiger partial charge in [0.05, 0.1) is 13.2 Å². The first-order valence-electron chi connectivity index (χ1n) is 8.01. The number of aromatic amines is 1. The molecule has 8 heteroatoms. The lowest BCUT2D eigenvalue weighted by atomic mass is 10.1. The van der Waals surface area contributed by atoms with Crippen LogP contribution in [0.2, 0.25) is 0 Å². The third-order valence-electron chi connectivity index (χ3n) is 4.26. The summed E-state index contributed by atoms with van der Waals surface area (Å²) in [6, 6.07) is 5.18. The van der Waals surface area contributed by atoms with Crippen LogP contribution in [0, 0.1) is 6.92 Å². The molecule has 132 valence electrons. The summed E-state index contributed by atoms with van der Waals surface area (Å²) in [4.78, 5) is 40.6. The van der Waals surface area contributed by atoms with Crippen LogP contribution in [0.25, 0.3) is 0 Å². The van der Waals surface area contributed by atoms with Crippen molar-refractivity contribution in [2.75, 3.05) is 31.6 Å². The highest BCUT2D eigenvalue weighted by atomic mass is 16.5. The van der Waals surface area contributed by atoms with Gasteiger partial charge in [0.15, 0.2) is 0 Å². The van der Waals surface area contributed by atoms with Gasteiger partial charge in [-0.3, -0.25) is 14.2 Å². The predicted octanol–water partition coefficient (Wildman–Crippen LogP) is 0.747. The normalized spacial score (nSPS) is 14.4. The van der Waals surface area contributed by atoms with Crippen molar-refractivity contribution in [2.45, 2.75) is 6.92 Å². The van der Waals surface area contributed by atoms with Crippen molar-refractivity contribution >= 4 is 17.5 Å². The van der Waals surface area contributed by atoms with Crippen molar-refractivity contribution in [3.05, 3.63) is 51.7 Å². The monoisotopic (exact) mass is 344 g/mol. The first kappa shape index (κ1) is 17.0. The van der Waals surface area contributed by atoms with Crippen LogP contribution in [0.15, 0.2) is 29.2 Å². The van der Waals surface area contributed by atoms with Gasteiger partial charge in [-0.1, -0.05) is 6.07 Å². The maximum Gasteiger partial charge on any atom is 0.325 e. The SMILES string of the molecule is Cc1ccc(NC(=O)c2c[nH]c(=O)n2C)cc1C(=O)N1CCOCC1. The van der Waals surface area contributed by atoms with Gasteiger partial charge in [-0.2, -0.15) is 0 Å². The number of carbonyl (C=O) groups excluding carboxylic acids is 2. The fourth-order valence-electron chi connectivity index (χ4n) is 2.71. The van der Waals surface area contributed by atoms with Crippen molar-refractivity contribution in [1.29, 1.82) is 0 Å². The van der Waals surface area contributed by atoms with E-state index in [0.29, 0.717) is 37.6 Å². The number of H-pyrrole nitrogens is 1. The summed E-state index contributed by atoms with van der Waals surface area (Å²) < 4.78 is 6.50. The number of nitrogens with zero attached hydrogens (tertiary/aromatic N) is 2. The smallest absolute Gasteiger partial charge is 0.325 e. The van der Waals surface area contributed by atoms with Crippen molar-refractivity contribution in [3.8, 4) is 0 Å². The standard InChI is InChI=1S/C17H20N4O4/c1-11-3-4-12(19-15(22)14-10-18-17(24)20(14)2)9-13(11)16(23)21-5-7-25-8-6-21/h3-4,9-10H,5-8H2,1-2H3,(H,18,24)(H,19,22). The maximum absolute atomic E-state index is 12.7. The van der Waals surface area contributed by atoms with E-state index in [0.717, 1.165) is 5.56 Å². The molecule has 0 aliphatic carbocycles. The number of amides is 2. The molecule has 25 heavy (non-hydrogen) atoms. The molecule has 0 radical (unpaired) electrons. The minimum Gasteiger partial charge on any atom is -0.378 e. The van der Waals surface area contributed by atoms with Crippen LogP contribution < -0.4 is 11.0 Å². The quantitative estimate of drug-likeness (QED) is 0.859. The van der Waals surface area contributed by atoms with Crippen LogP contribution in [0.3, 0.4) is 0 Å². The summed E-state index contributed by atoms with van der Waals surface area (Å²) in [6.45, 7) is 4.03. The van der Waals surface area contributed by atoms with Crippen molar-refractivity contribution < 1.29 is 14.3 Å². The molecule has 2 amide bonds. The van der Waals surface area contributed by atoms with E-state index in [4.69, 9.17) is 4.74 Å². The second kappa shape index (κ2) is 6.94. The van der Waals surface area contributed by atoms with Crippen LogP contribution >= 0.6 is 0 Å². The van der Waals surface area contributed by atoms with Gasteiger partial charge in [0.2, 0.25) is 0 Å². The first-order valence-corrected chi connectivity index (χ1v) is 8.01. The second-order valence-corrected chi connectivity index (χ2v) is 5.93. The Morgan fingerprint density at radius 3 is 2.60 bits per heavy atom. The molecule has 2 aromatic rings. The number of hydrogen-bond donors (Lipinski definition) is 2. The fraction of sp³-hybridized carbons (Fsp3) is 0.353. The zero-order valence-corrected chi connectivity index (χ0v) is 14.2. The van der Waals surface area contributed by atoms with Crippen LogP contribution in [0.5, 0.6) is 0 Å². The van der Waals surface area contributed by atoms with Gasteiger partial charge < -0.3 is 19.9 Å². The van der Waals surface area contributed by atoms with E-state index in [1.165, 1.54) is 17.8 Å². The average molecular weight is 344 g/mol. The molecule has 2 N–H and O–H groups in total. The first-order chi connectivity index (χ1) is 12.0. The highest BCUT2D eigenvalue weighted by Gasteiger charge is 2.21. The Balaban J connectivity index is 1.81. The molecule has 3 rings (SSSR count). The maximum atomic E-state index is 12.7. The number of benzene rings is 1. The van der Waals surface area contributed by atoms with Crippen LogP contribution in [-0.4, -0.2) is 52.6 Å². The molecule has 1 aliphatic heterocycles. The zero-order valence-electron chi connectivity index (χ0n) is 14.2. The van der Waals surface area contributed by atoms with E-state index in [-0.39, 0.29) is 17.3 Å². The highest BCUT2D eigenvalue weighted by Crippen LogP contribution is 2.18. The van der Waals surface area contributed by atoms with Gasteiger partial charge in [0, 0.05) is 37.6 Å². The molecule has 0 saturated carbocycles. The van der Waals surface area contributed by atoms with E-state index in [2.05, 4.69) is 10.3 Å². The third-order valence-corrected chi connectivity index (χ3v) is 4.26. The minimum absolute atomic E-state index is 0.0778. The summed E-state index contributed by atoms with van der Waals surface area (Å²) in [5.41, 5.74) is 1.73. The summed E-state index contributed by atoms with van der Waals surface area (Å²) in [6.07, 6.45) is 1.35. The van der Waals surface area contributed by atoms with Gasteiger partial charge in [0.25, 0.3) is 11.8 Å². The molecule has 1 saturated heterocycles. The molecule has 1 aromatic heterocycles. The van der Waals surface area contributed by atoms with Gasteiger partial charge in [-0.25, -0.2) is 4.79 Å². The van der Waals surface area contributed by atoms with E-state index in [1.54, 1.807) is 23.1 Å². The fourth-order valence-corrected chi connectivity index (χ4v) is 2.71. The van der Waals surface area contributed by atoms with Crippen LogP contribution in [0.1, 0.15) is 26.4 Å². The summed E-state index contributed by atoms with van der Waals surface area (Å²) in [5, 5.41) is 2.72. The molecular weight excluding hydrogens is 324 g/mol. The summed E-state index contributed by atoms with van der Waals surface area (Å²) >= 11 is 0. The molecule has 1 fully saturated rings. The molecule has 2 heterocycles. The summed E-state index contributed by atoms with van der Waals surface area (Å²) in [5.74, 6) is -0.500. The van der Waals surface area contributed by atoms with Gasteiger partial charge >= 0.3 is 5.69 Å². The van der Waals surface area contributed by atoms with Crippen LogP contribution in [-0.2, 0) is 11.8 Å². The summed E-state index contributed by atoms with van der Waals surface area (Å²) in [7, 11) is 1.51. The van der Waals surface area contributed by atoms with E-state index < -0.39 is 5.91 Å². The molecule has 0 unspecified atom stereocenters. The zero-order chi connectivity index (χ0) is 18.0. The number of imidazole rings is 1. The number of morpholine rings is 1. The number of carbonyl (C=O) groups is 2. The van der Waals surface area contributed by atoms with Crippen molar-refractivity contribution in [2.24, 2.45) is 7.05 Å². The molecule has 0 bridgehead atoms. The Morgan fingerprint density at radius 2 is 1.96 bits per heavy atom. The van der Waals surface area contributed by atoms with Gasteiger partial charge in [-0.15, -0.1) is 0 Å². The topological polar surface area (TPSA) is 96.4 Å².